The Hall–Kier alpha value is -3.12. The van der Waals surface area contributed by atoms with Crippen molar-refractivity contribution in [1.82, 2.24) is 9.99 Å². The zero-order valence-corrected chi connectivity index (χ0v) is 17.4. The van der Waals surface area contributed by atoms with E-state index < -0.39 is 0 Å². The van der Waals surface area contributed by atoms with Crippen LogP contribution < -0.4 is 9.47 Å². The summed E-state index contributed by atoms with van der Waals surface area (Å²) >= 11 is 6.58. The Kier molecular flexibility index (Phi) is 4.59. The van der Waals surface area contributed by atoms with Crippen molar-refractivity contribution in [3.05, 3.63) is 64.3 Å². The molecular weight excluding hydrogens is 402 g/mol. The molecule has 5 rings (SSSR count). The standard InChI is InChI=1S/C23H20ClN3O3/c1-13-3-5-15(6-4-13)19-11-20(27(26-19)14(2)28)17-9-16-10-21-22(30-8-7-29-21)12-18(16)25-23(17)24/h3-6,9-10,12,20H,7-8,11H2,1-2H3/t20-/m1/s1. The number of carbonyl (C=O) groups excluding carboxylic acids is 1. The summed E-state index contributed by atoms with van der Waals surface area (Å²) in [6.45, 7) is 4.58. The van der Waals surface area contributed by atoms with Crippen molar-refractivity contribution >= 4 is 34.1 Å². The van der Waals surface area contributed by atoms with Crippen LogP contribution in [0.25, 0.3) is 10.9 Å². The van der Waals surface area contributed by atoms with Crippen molar-refractivity contribution in [2.75, 3.05) is 13.2 Å². The Labute approximate surface area is 179 Å². The van der Waals surface area contributed by atoms with Gasteiger partial charge in [0.1, 0.15) is 18.4 Å². The van der Waals surface area contributed by atoms with E-state index in [9.17, 15) is 4.79 Å². The van der Waals surface area contributed by atoms with Gasteiger partial charge in [-0.05, 0) is 24.6 Å². The summed E-state index contributed by atoms with van der Waals surface area (Å²) in [6, 6.07) is 13.5. The van der Waals surface area contributed by atoms with Crippen LogP contribution in [0.4, 0.5) is 0 Å². The number of hydrogen-bond acceptors (Lipinski definition) is 5. The van der Waals surface area contributed by atoms with Crippen molar-refractivity contribution in [3.63, 3.8) is 0 Å². The van der Waals surface area contributed by atoms with E-state index in [2.05, 4.69) is 10.1 Å². The number of aromatic nitrogens is 1. The second kappa shape index (κ2) is 7.29. The molecule has 0 bridgehead atoms. The van der Waals surface area contributed by atoms with Crippen LogP contribution in [0.3, 0.4) is 0 Å². The van der Waals surface area contributed by atoms with Gasteiger partial charge in [-0.25, -0.2) is 9.99 Å². The van der Waals surface area contributed by atoms with Crippen LogP contribution in [0.15, 0.2) is 47.6 Å². The molecule has 0 fully saturated rings. The summed E-state index contributed by atoms with van der Waals surface area (Å²) in [5.74, 6) is 1.22. The third-order valence-corrected chi connectivity index (χ3v) is 5.74. The van der Waals surface area contributed by atoms with Crippen molar-refractivity contribution < 1.29 is 14.3 Å². The highest BCUT2D eigenvalue weighted by atomic mass is 35.5. The number of pyridine rings is 1. The van der Waals surface area contributed by atoms with Gasteiger partial charge in [-0.2, -0.15) is 5.10 Å². The lowest BCUT2D eigenvalue weighted by atomic mass is 9.98. The van der Waals surface area contributed by atoms with Gasteiger partial charge in [0.15, 0.2) is 11.5 Å². The first-order valence-corrected chi connectivity index (χ1v) is 10.2. The topological polar surface area (TPSA) is 64.0 Å². The molecule has 2 aliphatic heterocycles. The monoisotopic (exact) mass is 421 g/mol. The van der Waals surface area contributed by atoms with E-state index in [-0.39, 0.29) is 11.9 Å². The highest BCUT2D eigenvalue weighted by Gasteiger charge is 2.33. The third kappa shape index (κ3) is 3.27. The summed E-state index contributed by atoms with van der Waals surface area (Å²) in [4.78, 5) is 16.9. The first kappa shape index (κ1) is 18.9. The molecule has 0 saturated heterocycles. The SMILES string of the molecule is CC(=O)N1N=C(c2ccc(C)cc2)C[C@@H]1c1cc2cc3c(cc2nc1Cl)OCCO3. The minimum atomic E-state index is -0.309. The Bertz CT molecular complexity index is 1190. The predicted molar refractivity (Wildman–Crippen MR) is 115 cm³/mol. The van der Waals surface area contributed by atoms with E-state index in [4.69, 9.17) is 21.1 Å². The molecule has 0 saturated carbocycles. The molecule has 3 aromatic rings. The van der Waals surface area contributed by atoms with Crippen molar-refractivity contribution in [2.24, 2.45) is 5.10 Å². The lowest BCUT2D eigenvalue weighted by Crippen LogP contribution is -2.24. The van der Waals surface area contributed by atoms with Crippen LogP contribution in [-0.4, -0.2) is 34.8 Å². The number of aryl methyl sites for hydroxylation is 1. The quantitative estimate of drug-likeness (QED) is 0.564. The Morgan fingerprint density at radius 3 is 2.50 bits per heavy atom. The van der Waals surface area contributed by atoms with E-state index in [1.807, 2.05) is 49.4 Å². The molecule has 0 N–H and O–H groups in total. The van der Waals surface area contributed by atoms with Gasteiger partial charge in [0.2, 0.25) is 5.91 Å². The molecule has 1 aromatic heterocycles. The maximum Gasteiger partial charge on any atom is 0.240 e. The van der Waals surface area contributed by atoms with Crippen molar-refractivity contribution in [1.29, 1.82) is 0 Å². The number of rotatable bonds is 2. The number of carbonyl (C=O) groups is 1. The average molecular weight is 422 g/mol. The average Bonchev–Trinajstić information content (AvgIpc) is 3.18. The van der Waals surface area contributed by atoms with E-state index in [0.29, 0.717) is 36.3 Å². The van der Waals surface area contributed by atoms with Gasteiger partial charge in [-0.3, -0.25) is 4.79 Å². The van der Waals surface area contributed by atoms with Crippen molar-refractivity contribution in [2.45, 2.75) is 26.3 Å². The zero-order valence-electron chi connectivity index (χ0n) is 16.7. The number of hydrogen-bond donors (Lipinski definition) is 0. The summed E-state index contributed by atoms with van der Waals surface area (Å²) in [5.41, 5.74) is 4.52. The predicted octanol–water partition coefficient (Wildman–Crippen LogP) is 4.67. The molecule has 0 spiro atoms. The van der Waals surface area contributed by atoms with E-state index >= 15 is 0 Å². The van der Waals surface area contributed by atoms with Crippen LogP contribution in [0.5, 0.6) is 11.5 Å². The maximum atomic E-state index is 12.3. The van der Waals surface area contributed by atoms with E-state index in [1.165, 1.54) is 17.5 Å². The number of benzene rings is 2. The summed E-state index contributed by atoms with van der Waals surface area (Å²) < 4.78 is 11.3. The fourth-order valence-corrected chi connectivity index (χ4v) is 4.17. The largest absolute Gasteiger partial charge is 0.486 e. The molecule has 1 atom stereocenters. The lowest BCUT2D eigenvalue weighted by molar-refractivity contribution is -0.130. The van der Waals surface area contributed by atoms with Crippen LogP contribution >= 0.6 is 11.6 Å². The summed E-state index contributed by atoms with van der Waals surface area (Å²) in [5, 5.41) is 7.35. The number of fused-ring (bicyclic) bond motifs is 2. The van der Waals surface area contributed by atoms with E-state index in [0.717, 1.165) is 27.7 Å². The number of nitrogens with zero attached hydrogens (tertiary/aromatic N) is 3. The number of ether oxygens (including phenoxy) is 2. The lowest BCUT2D eigenvalue weighted by Gasteiger charge is -2.22. The molecule has 0 aliphatic carbocycles. The van der Waals surface area contributed by atoms with Crippen LogP contribution in [-0.2, 0) is 4.79 Å². The highest BCUT2D eigenvalue weighted by Crippen LogP contribution is 2.40. The Morgan fingerprint density at radius 2 is 1.80 bits per heavy atom. The summed E-state index contributed by atoms with van der Waals surface area (Å²) in [7, 11) is 0. The van der Waals surface area contributed by atoms with Crippen LogP contribution in [0, 0.1) is 6.92 Å². The fourth-order valence-electron chi connectivity index (χ4n) is 3.90. The molecule has 7 heteroatoms. The van der Waals surface area contributed by atoms with Gasteiger partial charge in [-0.1, -0.05) is 41.4 Å². The number of halogens is 1. The fraction of sp³-hybridized carbons (Fsp3) is 0.261. The Balaban J connectivity index is 1.55. The summed E-state index contributed by atoms with van der Waals surface area (Å²) in [6.07, 6.45) is 0.570. The first-order chi connectivity index (χ1) is 14.5. The second-order valence-electron chi connectivity index (χ2n) is 7.55. The maximum absolute atomic E-state index is 12.3. The normalized spacial score (nSPS) is 17.9. The smallest absolute Gasteiger partial charge is 0.240 e. The highest BCUT2D eigenvalue weighted by molar-refractivity contribution is 6.30. The zero-order chi connectivity index (χ0) is 20.8. The minimum Gasteiger partial charge on any atom is -0.486 e. The molecule has 30 heavy (non-hydrogen) atoms. The van der Waals surface area contributed by atoms with Crippen LogP contribution in [0.2, 0.25) is 5.15 Å². The van der Waals surface area contributed by atoms with Gasteiger partial charge < -0.3 is 9.47 Å². The van der Waals surface area contributed by atoms with Gasteiger partial charge in [-0.15, -0.1) is 0 Å². The second-order valence-corrected chi connectivity index (χ2v) is 7.91. The molecule has 2 aliphatic rings. The molecule has 0 unspecified atom stereocenters. The van der Waals surface area contributed by atoms with Gasteiger partial charge in [0.05, 0.1) is 17.3 Å². The van der Waals surface area contributed by atoms with Gasteiger partial charge >= 0.3 is 0 Å². The molecule has 3 heterocycles. The molecule has 1 amide bonds. The molecular formula is C23H20ClN3O3. The first-order valence-electron chi connectivity index (χ1n) is 9.84. The Morgan fingerprint density at radius 1 is 1.10 bits per heavy atom. The number of hydrazone groups is 1. The molecule has 6 nitrogen and oxygen atoms in total. The van der Waals surface area contributed by atoms with Gasteiger partial charge in [0, 0.05) is 30.4 Å². The third-order valence-electron chi connectivity index (χ3n) is 5.44. The van der Waals surface area contributed by atoms with Crippen molar-refractivity contribution in [3.8, 4) is 11.5 Å². The van der Waals surface area contributed by atoms with Crippen LogP contribution in [0.1, 0.15) is 36.1 Å². The molecule has 152 valence electrons. The minimum absolute atomic E-state index is 0.138. The van der Waals surface area contributed by atoms with E-state index in [1.54, 1.807) is 0 Å². The van der Waals surface area contributed by atoms with Gasteiger partial charge in [0.25, 0.3) is 0 Å². The molecule has 0 radical (unpaired) electrons. The number of amides is 1. The molecule has 2 aromatic carbocycles.